The number of para-hydroxylation sites is 1. The van der Waals surface area contributed by atoms with Crippen molar-refractivity contribution in [2.24, 2.45) is 0 Å². The standard InChI is InChI=1S/C17H18O4/c1-19-16(17(18)20-2)15-11-7-6-8-13(15)12-21-14-9-4-3-5-10-14/h3-11,16H,12H2,1-2H3. The molecule has 2 rings (SSSR count). The molecule has 0 aliphatic carbocycles. The van der Waals surface area contributed by atoms with Crippen LogP contribution in [-0.2, 0) is 20.9 Å². The number of methoxy groups -OCH3 is 2. The monoisotopic (exact) mass is 286 g/mol. The first-order valence-electron chi connectivity index (χ1n) is 6.62. The number of carbonyl (C=O) groups excluding carboxylic acids is 1. The van der Waals surface area contributed by atoms with Crippen LogP contribution in [0.2, 0.25) is 0 Å². The van der Waals surface area contributed by atoms with Crippen LogP contribution in [0, 0.1) is 0 Å². The molecule has 0 aliphatic rings. The second-order valence-electron chi connectivity index (χ2n) is 4.44. The summed E-state index contributed by atoms with van der Waals surface area (Å²) in [6.07, 6.45) is -0.745. The van der Waals surface area contributed by atoms with E-state index in [1.807, 2.05) is 54.6 Å². The van der Waals surface area contributed by atoms with Gasteiger partial charge in [-0.2, -0.15) is 0 Å². The number of esters is 1. The molecule has 1 atom stereocenters. The molecule has 0 spiro atoms. The van der Waals surface area contributed by atoms with Crippen molar-refractivity contribution < 1.29 is 19.0 Å². The summed E-state index contributed by atoms with van der Waals surface area (Å²) in [6, 6.07) is 17.0. The van der Waals surface area contributed by atoms with Crippen LogP contribution in [0.1, 0.15) is 17.2 Å². The van der Waals surface area contributed by atoms with E-state index in [-0.39, 0.29) is 0 Å². The Labute approximate surface area is 124 Å². The fourth-order valence-corrected chi connectivity index (χ4v) is 2.06. The Hall–Kier alpha value is -2.33. The summed E-state index contributed by atoms with van der Waals surface area (Å²) in [5.74, 6) is 0.351. The van der Waals surface area contributed by atoms with Crippen LogP contribution < -0.4 is 4.74 Å². The topological polar surface area (TPSA) is 44.8 Å². The van der Waals surface area contributed by atoms with Crippen LogP contribution in [0.15, 0.2) is 54.6 Å². The average Bonchev–Trinajstić information content (AvgIpc) is 2.55. The minimum atomic E-state index is -0.745. The van der Waals surface area contributed by atoms with Crippen LogP contribution in [0.3, 0.4) is 0 Å². The third kappa shape index (κ3) is 3.83. The SMILES string of the molecule is COC(=O)C(OC)c1ccccc1COc1ccccc1. The number of rotatable bonds is 6. The first-order chi connectivity index (χ1) is 10.3. The molecule has 2 aromatic carbocycles. The van der Waals surface area contributed by atoms with Crippen molar-refractivity contribution >= 4 is 5.97 Å². The van der Waals surface area contributed by atoms with Gasteiger partial charge in [-0.25, -0.2) is 4.79 Å². The lowest BCUT2D eigenvalue weighted by Gasteiger charge is -2.17. The highest BCUT2D eigenvalue weighted by Gasteiger charge is 2.23. The zero-order valence-corrected chi connectivity index (χ0v) is 12.1. The molecule has 4 heteroatoms. The number of carbonyl (C=O) groups is 1. The molecule has 0 bridgehead atoms. The van der Waals surface area contributed by atoms with Crippen LogP contribution in [-0.4, -0.2) is 20.2 Å². The lowest BCUT2D eigenvalue weighted by molar-refractivity contribution is -0.152. The lowest BCUT2D eigenvalue weighted by Crippen LogP contribution is -2.18. The first kappa shape index (κ1) is 15.1. The van der Waals surface area contributed by atoms with E-state index in [9.17, 15) is 4.79 Å². The smallest absolute Gasteiger partial charge is 0.339 e. The third-order valence-corrected chi connectivity index (χ3v) is 3.13. The molecular formula is C17H18O4. The Balaban J connectivity index is 2.18. The Kier molecular flexibility index (Phi) is 5.35. The number of benzene rings is 2. The predicted octanol–water partition coefficient (Wildman–Crippen LogP) is 3.13. The normalized spacial score (nSPS) is 11.7. The zero-order valence-electron chi connectivity index (χ0n) is 12.1. The Bertz CT molecular complexity index is 580. The molecule has 1 unspecified atom stereocenters. The minimum absolute atomic E-state index is 0.358. The van der Waals surface area contributed by atoms with Gasteiger partial charge in [-0.1, -0.05) is 42.5 Å². The Morgan fingerprint density at radius 2 is 1.67 bits per heavy atom. The quantitative estimate of drug-likeness (QED) is 0.765. The van der Waals surface area contributed by atoms with Gasteiger partial charge < -0.3 is 14.2 Å². The van der Waals surface area contributed by atoms with E-state index < -0.39 is 12.1 Å². The second-order valence-corrected chi connectivity index (χ2v) is 4.44. The minimum Gasteiger partial charge on any atom is -0.489 e. The van der Waals surface area contributed by atoms with Gasteiger partial charge in [0.2, 0.25) is 0 Å². The highest BCUT2D eigenvalue weighted by atomic mass is 16.6. The molecule has 0 heterocycles. The molecule has 0 N–H and O–H groups in total. The predicted molar refractivity (Wildman–Crippen MR) is 79.0 cm³/mol. The number of hydrogen-bond donors (Lipinski definition) is 0. The highest BCUT2D eigenvalue weighted by molar-refractivity contribution is 5.76. The zero-order chi connectivity index (χ0) is 15.1. The largest absolute Gasteiger partial charge is 0.489 e. The molecule has 0 saturated heterocycles. The van der Waals surface area contributed by atoms with Gasteiger partial charge in [0.05, 0.1) is 7.11 Å². The van der Waals surface area contributed by atoms with Crippen LogP contribution in [0.5, 0.6) is 5.75 Å². The van der Waals surface area contributed by atoms with Crippen molar-refractivity contribution in [1.29, 1.82) is 0 Å². The number of ether oxygens (including phenoxy) is 3. The van der Waals surface area contributed by atoms with Gasteiger partial charge in [-0.3, -0.25) is 0 Å². The van der Waals surface area contributed by atoms with Crippen LogP contribution in [0.25, 0.3) is 0 Å². The molecule has 0 radical (unpaired) electrons. The molecule has 0 aliphatic heterocycles. The molecule has 0 fully saturated rings. The first-order valence-corrected chi connectivity index (χ1v) is 6.62. The van der Waals surface area contributed by atoms with Gasteiger partial charge in [-0.05, 0) is 23.3 Å². The summed E-state index contributed by atoms with van der Waals surface area (Å²) in [5.41, 5.74) is 1.64. The second kappa shape index (κ2) is 7.45. The van der Waals surface area contributed by atoms with Crippen molar-refractivity contribution in [2.75, 3.05) is 14.2 Å². The van der Waals surface area contributed by atoms with Crippen molar-refractivity contribution in [2.45, 2.75) is 12.7 Å². The maximum atomic E-state index is 11.8. The molecule has 21 heavy (non-hydrogen) atoms. The van der Waals surface area contributed by atoms with Gasteiger partial charge in [0.15, 0.2) is 6.10 Å². The van der Waals surface area contributed by atoms with Crippen molar-refractivity contribution in [1.82, 2.24) is 0 Å². The molecular weight excluding hydrogens is 268 g/mol. The van der Waals surface area contributed by atoms with E-state index in [1.54, 1.807) is 0 Å². The fourth-order valence-electron chi connectivity index (χ4n) is 2.06. The highest BCUT2D eigenvalue weighted by Crippen LogP contribution is 2.23. The van der Waals surface area contributed by atoms with Gasteiger partial charge in [-0.15, -0.1) is 0 Å². The fraction of sp³-hybridized carbons (Fsp3) is 0.235. The Morgan fingerprint density at radius 3 is 2.33 bits per heavy atom. The van der Waals surface area contributed by atoms with Crippen molar-refractivity contribution in [3.05, 3.63) is 65.7 Å². The molecule has 2 aromatic rings. The molecule has 0 aromatic heterocycles. The van der Waals surface area contributed by atoms with Crippen LogP contribution in [0.4, 0.5) is 0 Å². The van der Waals surface area contributed by atoms with Gasteiger partial charge in [0.1, 0.15) is 12.4 Å². The van der Waals surface area contributed by atoms with Gasteiger partial charge in [0.25, 0.3) is 0 Å². The molecule has 0 saturated carbocycles. The molecule has 4 nitrogen and oxygen atoms in total. The summed E-state index contributed by atoms with van der Waals surface area (Å²) in [4.78, 5) is 11.8. The van der Waals surface area contributed by atoms with Crippen molar-refractivity contribution in [3.63, 3.8) is 0 Å². The third-order valence-electron chi connectivity index (χ3n) is 3.13. The van der Waals surface area contributed by atoms with E-state index in [2.05, 4.69) is 0 Å². The van der Waals surface area contributed by atoms with E-state index >= 15 is 0 Å². The maximum absolute atomic E-state index is 11.8. The maximum Gasteiger partial charge on any atom is 0.339 e. The Morgan fingerprint density at radius 1 is 1.00 bits per heavy atom. The lowest BCUT2D eigenvalue weighted by atomic mass is 10.0. The molecule has 110 valence electrons. The number of hydrogen-bond acceptors (Lipinski definition) is 4. The summed E-state index contributed by atoms with van der Waals surface area (Å²) in [7, 11) is 2.83. The van der Waals surface area contributed by atoms with E-state index in [1.165, 1.54) is 14.2 Å². The van der Waals surface area contributed by atoms with E-state index in [0.29, 0.717) is 6.61 Å². The van der Waals surface area contributed by atoms with Gasteiger partial charge >= 0.3 is 5.97 Å². The van der Waals surface area contributed by atoms with Crippen molar-refractivity contribution in [3.8, 4) is 5.75 Å². The van der Waals surface area contributed by atoms with E-state index in [4.69, 9.17) is 14.2 Å². The van der Waals surface area contributed by atoms with Gasteiger partial charge in [0, 0.05) is 7.11 Å². The average molecular weight is 286 g/mol. The van der Waals surface area contributed by atoms with Crippen LogP contribution >= 0.6 is 0 Å². The van der Waals surface area contributed by atoms with E-state index in [0.717, 1.165) is 16.9 Å². The summed E-state index contributed by atoms with van der Waals surface area (Å²) >= 11 is 0. The molecule has 0 amide bonds. The summed E-state index contributed by atoms with van der Waals surface area (Å²) in [6.45, 7) is 0.358. The summed E-state index contributed by atoms with van der Waals surface area (Å²) < 4.78 is 15.8. The summed E-state index contributed by atoms with van der Waals surface area (Å²) in [5, 5.41) is 0.